The first-order valence-electron chi connectivity index (χ1n) is 10.9. The monoisotopic (exact) mass is 364 g/mol. The number of rotatable bonds is 14. The van der Waals surface area contributed by atoms with Crippen LogP contribution in [0.5, 0.6) is 0 Å². The van der Waals surface area contributed by atoms with Crippen molar-refractivity contribution in [2.75, 3.05) is 19.6 Å². The fourth-order valence-corrected chi connectivity index (χ4v) is 4.15. The first-order chi connectivity index (χ1) is 12.6. The summed E-state index contributed by atoms with van der Waals surface area (Å²) >= 11 is 0. The molecule has 2 atom stereocenters. The van der Waals surface area contributed by atoms with Gasteiger partial charge in [0.2, 0.25) is 5.91 Å². The molecule has 1 amide bonds. The average Bonchev–Trinajstić information content (AvgIpc) is 3.03. The number of hydrogen-bond donors (Lipinski definition) is 1. The number of carbonyl (C=O) groups excluding carboxylic acids is 1. The fraction of sp³-hybridized carbons (Fsp3) is 0.818. The standard InChI is InChI=1S/C22H41N3O/c1-5-7-8-9-10-11-12-13-14-15-16-17-22-23-18-19-25(22,6-2)20(3)24-21(4)26/h5,7,20H,6,8-19H2,1-4H3/p+1/b7-5+. The van der Waals surface area contributed by atoms with Crippen molar-refractivity contribution in [3.63, 3.8) is 0 Å². The Balaban J connectivity index is 2.20. The zero-order valence-corrected chi connectivity index (χ0v) is 17.7. The Kier molecular flexibility index (Phi) is 11.5. The molecule has 4 nitrogen and oxygen atoms in total. The fourth-order valence-electron chi connectivity index (χ4n) is 4.15. The van der Waals surface area contributed by atoms with Crippen LogP contribution in [0.4, 0.5) is 0 Å². The van der Waals surface area contributed by atoms with Crippen molar-refractivity contribution in [3.8, 4) is 0 Å². The van der Waals surface area contributed by atoms with E-state index >= 15 is 0 Å². The van der Waals surface area contributed by atoms with Crippen molar-refractivity contribution in [2.24, 2.45) is 4.99 Å². The minimum atomic E-state index is 0.0559. The molecule has 0 aromatic carbocycles. The smallest absolute Gasteiger partial charge is 0.221 e. The zero-order chi connectivity index (χ0) is 19.3. The Hall–Kier alpha value is -1.16. The maximum atomic E-state index is 11.5. The van der Waals surface area contributed by atoms with Crippen LogP contribution in [-0.4, -0.2) is 42.0 Å². The van der Waals surface area contributed by atoms with E-state index in [4.69, 9.17) is 4.99 Å². The molecule has 0 aliphatic carbocycles. The van der Waals surface area contributed by atoms with Gasteiger partial charge in [-0.25, -0.2) is 4.99 Å². The van der Waals surface area contributed by atoms with E-state index in [2.05, 4.69) is 38.2 Å². The van der Waals surface area contributed by atoms with Crippen molar-refractivity contribution in [2.45, 2.75) is 98.1 Å². The topological polar surface area (TPSA) is 41.5 Å². The van der Waals surface area contributed by atoms with Gasteiger partial charge in [0.25, 0.3) is 0 Å². The number of allylic oxidation sites excluding steroid dienone is 2. The average molecular weight is 365 g/mol. The number of amides is 1. The molecule has 1 aliphatic rings. The van der Waals surface area contributed by atoms with Gasteiger partial charge in [0.15, 0.2) is 12.0 Å². The third kappa shape index (κ3) is 7.61. The maximum Gasteiger partial charge on any atom is 0.221 e. The minimum absolute atomic E-state index is 0.0559. The van der Waals surface area contributed by atoms with Gasteiger partial charge in [0.05, 0.1) is 13.1 Å². The lowest BCUT2D eigenvalue weighted by Gasteiger charge is -2.39. The third-order valence-electron chi connectivity index (χ3n) is 5.78. The van der Waals surface area contributed by atoms with Crippen molar-refractivity contribution in [1.29, 1.82) is 0 Å². The molecule has 26 heavy (non-hydrogen) atoms. The first kappa shape index (κ1) is 22.9. The number of amidine groups is 1. The number of aliphatic imine (C=N–C) groups is 1. The van der Waals surface area contributed by atoms with Gasteiger partial charge in [-0.05, 0) is 33.1 Å². The molecule has 2 unspecified atom stereocenters. The summed E-state index contributed by atoms with van der Waals surface area (Å²) in [6.45, 7) is 11.0. The van der Waals surface area contributed by atoms with E-state index in [1.54, 1.807) is 6.92 Å². The molecule has 150 valence electrons. The van der Waals surface area contributed by atoms with Crippen LogP contribution in [0.15, 0.2) is 17.1 Å². The lowest BCUT2D eigenvalue weighted by Crippen LogP contribution is -2.62. The number of carbonyl (C=O) groups is 1. The number of nitrogens with zero attached hydrogens (tertiary/aromatic N) is 2. The van der Waals surface area contributed by atoms with Gasteiger partial charge in [-0.1, -0.05) is 50.7 Å². The molecule has 0 aromatic rings. The quantitative estimate of drug-likeness (QED) is 0.257. The van der Waals surface area contributed by atoms with Crippen LogP contribution in [0, 0.1) is 0 Å². The Bertz CT molecular complexity index is 458. The highest BCUT2D eigenvalue weighted by Crippen LogP contribution is 2.23. The van der Waals surface area contributed by atoms with E-state index in [1.807, 2.05) is 0 Å². The summed E-state index contributed by atoms with van der Waals surface area (Å²) in [7, 11) is 0. The van der Waals surface area contributed by atoms with E-state index < -0.39 is 0 Å². The molecule has 0 fully saturated rings. The molecule has 1 aliphatic heterocycles. The zero-order valence-electron chi connectivity index (χ0n) is 17.7. The Morgan fingerprint density at radius 1 is 1.15 bits per heavy atom. The molecular formula is C22H42N3O+. The van der Waals surface area contributed by atoms with E-state index in [9.17, 15) is 4.79 Å². The highest BCUT2D eigenvalue weighted by atomic mass is 16.1. The van der Waals surface area contributed by atoms with Crippen molar-refractivity contribution >= 4 is 11.7 Å². The third-order valence-corrected chi connectivity index (χ3v) is 5.78. The van der Waals surface area contributed by atoms with Crippen LogP contribution in [0.3, 0.4) is 0 Å². The number of likely N-dealkylation sites (N-methyl/N-ethyl adjacent to an activating group) is 1. The highest BCUT2D eigenvalue weighted by Gasteiger charge is 2.41. The van der Waals surface area contributed by atoms with Gasteiger partial charge >= 0.3 is 0 Å². The van der Waals surface area contributed by atoms with Crippen molar-refractivity contribution in [1.82, 2.24) is 5.32 Å². The molecule has 0 bridgehead atoms. The van der Waals surface area contributed by atoms with Crippen LogP contribution in [0.25, 0.3) is 0 Å². The SMILES string of the molecule is C/C=C/CCCCCCCCCCC1=NCC[N+]1(CC)C(C)NC(C)=O. The van der Waals surface area contributed by atoms with E-state index in [0.717, 1.165) is 30.5 Å². The van der Waals surface area contributed by atoms with E-state index in [-0.39, 0.29) is 12.1 Å². The molecule has 1 heterocycles. The maximum absolute atomic E-state index is 11.5. The second kappa shape index (κ2) is 13.1. The van der Waals surface area contributed by atoms with Gasteiger partial charge in [-0.15, -0.1) is 0 Å². The van der Waals surface area contributed by atoms with Gasteiger partial charge in [0.1, 0.15) is 6.54 Å². The summed E-state index contributed by atoms with van der Waals surface area (Å²) in [4.78, 5) is 16.3. The molecule has 0 aromatic heterocycles. The predicted molar refractivity (Wildman–Crippen MR) is 112 cm³/mol. The Labute approximate surface area is 161 Å². The first-order valence-corrected chi connectivity index (χ1v) is 10.9. The summed E-state index contributed by atoms with van der Waals surface area (Å²) < 4.78 is 0.853. The van der Waals surface area contributed by atoms with E-state index in [1.165, 1.54) is 63.6 Å². The van der Waals surface area contributed by atoms with Gasteiger partial charge in [-0.2, -0.15) is 0 Å². The Morgan fingerprint density at radius 2 is 1.77 bits per heavy atom. The van der Waals surface area contributed by atoms with Gasteiger partial charge in [-0.3, -0.25) is 9.28 Å². The van der Waals surface area contributed by atoms with Crippen molar-refractivity contribution in [3.05, 3.63) is 12.2 Å². The lowest BCUT2D eigenvalue weighted by molar-refractivity contribution is -0.861. The van der Waals surface area contributed by atoms with Crippen LogP contribution in [0.1, 0.15) is 91.9 Å². The van der Waals surface area contributed by atoms with Crippen LogP contribution >= 0.6 is 0 Å². The van der Waals surface area contributed by atoms with Crippen LogP contribution in [-0.2, 0) is 4.79 Å². The van der Waals surface area contributed by atoms with Gasteiger partial charge < -0.3 is 5.32 Å². The largest absolute Gasteiger partial charge is 0.307 e. The molecule has 0 spiro atoms. The summed E-state index contributed by atoms with van der Waals surface area (Å²) in [5.74, 6) is 1.36. The molecular weight excluding hydrogens is 322 g/mol. The lowest BCUT2D eigenvalue weighted by atomic mass is 10.1. The minimum Gasteiger partial charge on any atom is -0.307 e. The molecule has 4 heteroatoms. The second-order valence-electron chi connectivity index (χ2n) is 7.68. The number of hydrogen-bond acceptors (Lipinski definition) is 2. The predicted octanol–water partition coefficient (Wildman–Crippen LogP) is 5.19. The Morgan fingerprint density at radius 3 is 2.35 bits per heavy atom. The molecule has 0 radical (unpaired) electrons. The number of quaternary nitrogens is 1. The summed E-state index contributed by atoms with van der Waals surface area (Å²) in [6, 6.07) is 0. The summed E-state index contributed by atoms with van der Waals surface area (Å²) in [6.07, 6.45) is 17.6. The molecule has 0 saturated carbocycles. The number of unbranched alkanes of at least 4 members (excludes halogenated alkanes) is 8. The van der Waals surface area contributed by atoms with E-state index in [0.29, 0.717) is 0 Å². The van der Waals surface area contributed by atoms with Gasteiger partial charge in [0, 0.05) is 20.3 Å². The van der Waals surface area contributed by atoms with Crippen LogP contribution in [0.2, 0.25) is 0 Å². The molecule has 1 rings (SSSR count). The number of nitrogens with one attached hydrogen (secondary N) is 1. The summed E-state index contributed by atoms with van der Waals surface area (Å²) in [5.41, 5.74) is 0. The normalized spacial score (nSPS) is 21.2. The highest BCUT2D eigenvalue weighted by molar-refractivity contribution is 5.78. The molecule has 0 saturated heterocycles. The van der Waals surface area contributed by atoms with Crippen LogP contribution < -0.4 is 5.32 Å². The second-order valence-corrected chi connectivity index (χ2v) is 7.68. The summed E-state index contributed by atoms with van der Waals surface area (Å²) in [5, 5.41) is 3.10. The van der Waals surface area contributed by atoms with Crippen molar-refractivity contribution < 1.29 is 9.28 Å². The molecule has 1 N–H and O–H groups in total.